The van der Waals surface area contributed by atoms with E-state index in [0.717, 1.165) is 6.42 Å². The van der Waals surface area contributed by atoms with Gasteiger partial charge in [0, 0.05) is 6.04 Å². The summed E-state index contributed by atoms with van der Waals surface area (Å²) >= 11 is 0. The lowest BCUT2D eigenvalue weighted by Crippen LogP contribution is -2.46. The molecule has 0 bridgehead atoms. The highest BCUT2D eigenvalue weighted by Gasteiger charge is 2.22. The molecule has 2 atom stereocenters. The second-order valence-electron chi connectivity index (χ2n) is 5.77. The van der Waals surface area contributed by atoms with E-state index in [4.69, 9.17) is 9.47 Å². The maximum Gasteiger partial charge on any atom is 0.315 e. The summed E-state index contributed by atoms with van der Waals surface area (Å²) < 4.78 is 10.8. The van der Waals surface area contributed by atoms with Crippen LogP contribution < -0.4 is 20.1 Å². The van der Waals surface area contributed by atoms with Crippen molar-refractivity contribution in [1.82, 2.24) is 10.6 Å². The fraction of sp³-hybridized carbons (Fsp3) is 0.588. The fourth-order valence-electron chi connectivity index (χ4n) is 2.81. The number of para-hydroxylation sites is 2. The van der Waals surface area contributed by atoms with Crippen LogP contribution in [0.4, 0.5) is 4.79 Å². The van der Waals surface area contributed by atoms with Gasteiger partial charge in [-0.2, -0.15) is 0 Å². The summed E-state index contributed by atoms with van der Waals surface area (Å²) in [6, 6.07) is 7.67. The van der Waals surface area contributed by atoms with Crippen molar-refractivity contribution in [3.63, 3.8) is 0 Å². The Morgan fingerprint density at radius 1 is 1.23 bits per heavy atom. The van der Waals surface area contributed by atoms with E-state index < -0.39 is 0 Å². The molecule has 1 aliphatic carbocycles. The zero-order valence-corrected chi connectivity index (χ0v) is 13.4. The molecule has 0 heterocycles. The van der Waals surface area contributed by atoms with E-state index in [9.17, 15) is 4.79 Å². The van der Waals surface area contributed by atoms with Gasteiger partial charge in [0.15, 0.2) is 11.5 Å². The third kappa shape index (κ3) is 4.83. The molecule has 2 rings (SSSR count). The highest BCUT2D eigenvalue weighted by molar-refractivity contribution is 5.74. The summed E-state index contributed by atoms with van der Waals surface area (Å²) in [5, 5.41) is 5.90. The van der Waals surface area contributed by atoms with Crippen molar-refractivity contribution in [3.05, 3.63) is 24.3 Å². The molecule has 0 aromatic heterocycles. The Balaban J connectivity index is 1.66. The Labute approximate surface area is 132 Å². The molecule has 22 heavy (non-hydrogen) atoms. The number of benzene rings is 1. The molecular formula is C17H26N2O3. The number of carbonyl (C=O) groups is 1. The summed E-state index contributed by atoms with van der Waals surface area (Å²) in [6.45, 7) is 3.08. The SMILES string of the molecule is COc1ccccc1OCCNC(=O)N[C@@H]1CCCC[C@H]1C. The van der Waals surface area contributed by atoms with Gasteiger partial charge in [0.2, 0.25) is 0 Å². The summed E-state index contributed by atoms with van der Waals surface area (Å²) in [5.74, 6) is 1.94. The fourth-order valence-corrected chi connectivity index (χ4v) is 2.81. The number of rotatable bonds is 6. The molecule has 0 unspecified atom stereocenters. The Bertz CT molecular complexity index is 479. The predicted octanol–water partition coefficient (Wildman–Crippen LogP) is 2.95. The van der Waals surface area contributed by atoms with Crippen molar-refractivity contribution < 1.29 is 14.3 Å². The van der Waals surface area contributed by atoms with E-state index in [2.05, 4.69) is 17.6 Å². The van der Waals surface area contributed by atoms with Crippen molar-refractivity contribution in [2.45, 2.75) is 38.6 Å². The van der Waals surface area contributed by atoms with Gasteiger partial charge >= 0.3 is 6.03 Å². The highest BCUT2D eigenvalue weighted by Crippen LogP contribution is 2.25. The first-order valence-corrected chi connectivity index (χ1v) is 8.01. The average Bonchev–Trinajstić information content (AvgIpc) is 2.54. The van der Waals surface area contributed by atoms with Gasteiger partial charge in [-0.05, 0) is 30.9 Å². The van der Waals surface area contributed by atoms with Crippen LogP contribution in [0, 0.1) is 5.92 Å². The van der Waals surface area contributed by atoms with Gasteiger partial charge in [0.25, 0.3) is 0 Å². The minimum Gasteiger partial charge on any atom is -0.493 e. The van der Waals surface area contributed by atoms with Crippen LogP contribution in [0.15, 0.2) is 24.3 Å². The second-order valence-corrected chi connectivity index (χ2v) is 5.77. The molecule has 1 aliphatic rings. The summed E-state index contributed by atoms with van der Waals surface area (Å²) in [6.07, 6.45) is 4.74. The van der Waals surface area contributed by atoms with Crippen LogP contribution in [-0.4, -0.2) is 32.3 Å². The zero-order chi connectivity index (χ0) is 15.8. The molecule has 1 saturated carbocycles. The molecule has 5 heteroatoms. The van der Waals surface area contributed by atoms with E-state index in [0.29, 0.717) is 36.6 Å². The van der Waals surface area contributed by atoms with Gasteiger partial charge in [-0.15, -0.1) is 0 Å². The van der Waals surface area contributed by atoms with Crippen molar-refractivity contribution in [2.24, 2.45) is 5.92 Å². The Morgan fingerprint density at radius 3 is 2.68 bits per heavy atom. The first kappa shape index (κ1) is 16.5. The van der Waals surface area contributed by atoms with Crippen molar-refractivity contribution >= 4 is 6.03 Å². The monoisotopic (exact) mass is 306 g/mol. The molecule has 0 spiro atoms. The van der Waals surface area contributed by atoms with Crippen LogP contribution in [0.25, 0.3) is 0 Å². The van der Waals surface area contributed by atoms with Gasteiger partial charge in [-0.3, -0.25) is 0 Å². The first-order chi connectivity index (χ1) is 10.7. The summed E-state index contributed by atoms with van der Waals surface area (Å²) in [7, 11) is 1.61. The minimum absolute atomic E-state index is 0.109. The normalized spacial score (nSPS) is 21.0. The van der Waals surface area contributed by atoms with Gasteiger partial charge in [-0.1, -0.05) is 31.9 Å². The molecule has 1 aromatic rings. The van der Waals surface area contributed by atoms with Crippen LogP contribution in [0.2, 0.25) is 0 Å². The van der Waals surface area contributed by atoms with Crippen molar-refractivity contribution in [2.75, 3.05) is 20.3 Å². The van der Waals surface area contributed by atoms with Crippen LogP contribution in [0.1, 0.15) is 32.6 Å². The average molecular weight is 306 g/mol. The molecular weight excluding hydrogens is 280 g/mol. The number of carbonyl (C=O) groups excluding carboxylic acids is 1. The maximum atomic E-state index is 11.9. The minimum atomic E-state index is -0.109. The molecule has 0 saturated heterocycles. The molecule has 122 valence electrons. The molecule has 2 N–H and O–H groups in total. The summed E-state index contributed by atoms with van der Waals surface area (Å²) in [4.78, 5) is 11.9. The van der Waals surface area contributed by atoms with Crippen LogP contribution in [-0.2, 0) is 0 Å². The summed E-state index contributed by atoms with van der Waals surface area (Å²) in [5.41, 5.74) is 0. The lowest BCUT2D eigenvalue weighted by molar-refractivity contribution is 0.218. The Hall–Kier alpha value is -1.91. The number of urea groups is 1. The number of methoxy groups -OCH3 is 1. The highest BCUT2D eigenvalue weighted by atomic mass is 16.5. The van der Waals surface area contributed by atoms with Gasteiger partial charge in [0.1, 0.15) is 6.61 Å². The lowest BCUT2D eigenvalue weighted by Gasteiger charge is -2.29. The van der Waals surface area contributed by atoms with E-state index >= 15 is 0 Å². The molecule has 1 aromatic carbocycles. The Morgan fingerprint density at radius 2 is 1.95 bits per heavy atom. The molecule has 0 radical (unpaired) electrons. The van der Waals surface area contributed by atoms with E-state index in [1.54, 1.807) is 7.11 Å². The van der Waals surface area contributed by atoms with Gasteiger partial charge < -0.3 is 20.1 Å². The molecule has 0 aliphatic heterocycles. The molecule has 2 amide bonds. The number of amides is 2. The van der Waals surface area contributed by atoms with Crippen LogP contribution in [0.5, 0.6) is 11.5 Å². The zero-order valence-electron chi connectivity index (χ0n) is 13.4. The second kappa shape index (κ2) is 8.51. The smallest absolute Gasteiger partial charge is 0.315 e. The number of ether oxygens (including phenoxy) is 2. The van der Waals surface area contributed by atoms with Crippen molar-refractivity contribution in [1.29, 1.82) is 0 Å². The third-order valence-electron chi connectivity index (χ3n) is 4.14. The topological polar surface area (TPSA) is 59.6 Å². The Kier molecular flexibility index (Phi) is 6.37. The standard InChI is InChI=1S/C17H26N2O3/c1-13-7-3-4-8-14(13)19-17(20)18-11-12-22-16-10-6-5-9-15(16)21-2/h5-6,9-10,13-14H,3-4,7-8,11-12H2,1-2H3,(H2,18,19,20)/t13-,14-/m1/s1. The molecule has 5 nitrogen and oxygen atoms in total. The number of hydrogen-bond acceptors (Lipinski definition) is 3. The van der Waals surface area contributed by atoms with Gasteiger partial charge in [0.05, 0.1) is 13.7 Å². The van der Waals surface area contributed by atoms with Crippen LogP contribution >= 0.6 is 0 Å². The quantitative estimate of drug-likeness (QED) is 0.794. The van der Waals surface area contributed by atoms with Gasteiger partial charge in [-0.25, -0.2) is 4.79 Å². The number of nitrogens with one attached hydrogen (secondary N) is 2. The van der Waals surface area contributed by atoms with E-state index in [-0.39, 0.29) is 6.03 Å². The van der Waals surface area contributed by atoms with E-state index in [1.807, 2.05) is 24.3 Å². The lowest BCUT2D eigenvalue weighted by atomic mass is 9.86. The van der Waals surface area contributed by atoms with Crippen LogP contribution in [0.3, 0.4) is 0 Å². The maximum absolute atomic E-state index is 11.9. The number of hydrogen-bond donors (Lipinski definition) is 2. The molecule has 1 fully saturated rings. The van der Waals surface area contributed by atoms with Crippen molar-refractivity contribution in [3.8, 4) is 11.5 Å². The first-order valence-electron chi connectivity index (χ1n) is 8.01. The van der Waals surface area contributed by atoms with E-state index in [1.165, 1.54) is 19.3 Å². The largest absolute Gasteiger partial charge is 0.493 e. The third-order valence-corrected chi connectivity index (χ3v) is 4.14. The predicted molar refractivity (Wildman–Crippen MR) is 86.4 cm³/mol.